The summed E-state index contributed by atoms with van der Waals surface area (Å²) >= 11 is 0. The molecule has 1 unspecified atom stereocenters. The number of carbonyl (C=O) groups excluding carboxylic acids is 1. The van der Waals surface area contributed by atoms with E-state index in [1.807, 2.05) is 13.8 Å². The normalized spacial score (nSPS) is 21.8. The number of hydrogen-bond acceptors (Lipinski definition) is 12. The zero-order chi connectivity index (χ0) is 37.3. The Morgan fingerprint density at radius 3 is 2.33 bits per heavy atom. The molecular weight excluding hydrogens is 711 g/mol. The Kier molecular flexibility index (Phi) is 14.3. The molecule has 2 saturated heterocycles. The molecule has 284 valence electrons. The molecule has 0 aromatic heterocycles. The number of sulfonamides is 1. The van der Waals surface area contributed by atoms with Gasteiger partial charge in [-0.25, -0.2) is 18.0 Å². The van der Waals surface area contributed by atoms with E-state index in [0.29, 0.717) is 24.3 Å². The number of nitrogens with one attached hydrogen (secondary N) is 1. The van der Waals surface area contributed by atoms with Crippen LogP contribution in [0.4, 0.5) is 4.79 Å². The minimum absolute atomic E-state index is 0.0104. The highest BCUT2D eigenvalue weighted by Gasteiger charge is 2.44. The molecule has 0 spiro atoms. The van der Waals surface area contributed by atoms with Gasteiger partial charge in [-0.1, -0.05) is 32.9 Å². The first kappa shape index (κ1) is 40.5. The Morgan fingerprint density at radius 1 is 1.06 bits per heavy atom. The third-order valence-corrected chi connectivity index (χ3v) is 11.3. The number of hydrogen-bond donors (Lipinski definition) is 4. The summed E-state index contributed by atoms with van der Waals surface area (Å²) in [5, 5.41) is 23.4. The van der Waals surface area contributed by atoms with Gasteiger partial charge in [-0.15, -0.1) is 0 Å². The van der Waals surface area contributed by atoms with Gasteiger partial charge in [0.1, 0.15) is 17.6 Å². The van der Waals surface area contributed by atoms with Gasteiger partial charge in [0, 0.05) is 13.1 Å². The lowest BCUT2D eigenvalue weighted by molar-refractivity contribution is -0.145. The molecule has 4 rings (SSSR count). The van der Waals surface area contributed by atoms with Gasteiger partial charge in [-0.2, -0.15) is 4.31 Å². The van der Waals surface area contributed by atoms with Crippen LogP contribution in [0.1, 0.15) is 39.2 Å². The fourth-order valence-corrected chi connectivity index (χ4v) is 8.35. The zero-order valence-electron chi connectivity index (χ0n) is 29.0. The summed E-state index contributed by atoms with van der Waals surface area (Å²) in [6.45, 7) is 5.56. The minimum atomic E-state index is -4.41. The molecule has 7 atom stereocenters. The molecule has 0 bridgehead atoms. The summed E-state index contributed by atoms with van der Waals surface area (Å²) in [5.41, 5.74) is 0.592. The first-order chi connectivity index (χ1) is 24.1. The standard InChI is InChI=1S/C33H47N2O14PS/c1-5-29(31(37)38)49-50(40,41)20-47-24-8-6-22(7-9-24)16-27(34-33(39)48-30-19-46-32-26(30)14-15-45-32)28(36)18-35(17-21(2)3)51(42,43)25-12-10-23(44-4)11-13-25/h6-13,21,26-30,32,36H,5,14-20H2,1-4H3,(H,34,39)(H,37,38)(H,40,41)/t26-,27-,28+,29-,30-,32+/m0/s1. The average Bonchev–Trinajstić information content (AvgIpc) is 3.71. The second-order valence-electron chi connectivity index (χ2n) is 12.8. The van der Waals surface area contributed by atoms with Gasteiger partial charge in [-0.05, 0) is 67.1 Å². The number of aliphatic carboxylic acids is 1. The Balaban J connectivity index is 1.50. The van der Waals surface area contributed by atoms with Crippen LogP contribution in [0.5, 0.6) is 11.5 Å². The number of rotatable bonds is 19. The van der Waals surface area contributed by atoms with E-state index in [1.165, 1.54) is 54.7 Å². The Hall–Kier alpha value is -3.28. The van der Waals surface area contributed by atoms with Crippen molar-refractivity contribution in [3.05, 3.63) is 54.1 Å². The molecule has 2 aliphatic heterocycles. The molecule has 4 N–H and O–H groups in total. The number of aliphatic hydroxyl groups is 1. The maximum atomic E-state index is 13.8. The molecule has 2 heterocycles. The van der Waals surface area contributed by atoms with Crippen molar-refractivity contribution in [1.82, 2.24) is 9.62 Å². The van der Waals surface area contributed by atoms with Crippen LogP contribution < -0.4 is 14.8 Å². The Bertz CT molecular complexity index is 1610. The van der Waals surface area contributed by atoms with Crippen molar-refractivity contribution in [3.63, 3.8) is 0 Å². The molecule has 18 heteroatoms. The van der Waals surface area contributed by atoms with Crippen molar-refractivity contribution in [2.45, 2.75) is 75.6 Å². The van der Waals surface area contributed by atoms with Crippen LogP contribution in [0, 0.1) is 11.8 Å². The predicted molar refractivity (Wildman–Crippen MR) is 182 cm³/mol. The number of benzene rings is 2. The SMILES string of the molecule is CC[C@H](OP(=O)(O)COc1ccc(C[C@H](NC(=O)O[C@H]2CO[C@H]3OCC[C@H]32)[C@H](O)CN(CC(C)C)S(=O)(=O)c2ccc(OC)cc2)cc1)C(=O)O. The molecule has 51 heavy (non-hydrogen) atoms. The number of fused-ring (bicyclic) bond motifs is 1. The first-order valence-electron chi connectivity index (χ1n) is 16.6. The highest BCUT2D eigenvalue weighted by atomic mass is 32.2. The maximum Gasteiger partial charge on any atom is 0.407 e. The number of ether oxygens (including phenoxy) is 5. The molecule has 16 nitrogen and oxygen atoms in total. The van der Waals surface area contributed by atoms with Crippen molar-refractivity contribution in [2.24, 2.45) is 11.8 Å². The van der Waals surface area contributed by atoms with Gasteiger partial charge in [0.25, 0.3) is 0 Å². The smallest absolute Gasteiger partial charge is 0.407 e. The number of amides is 1. The lowest BCUT2D eigenvalue weighted by Gasteiger charge is -2.31. The van der Waals surface area contributed by atoms with E-state index in [-0.39, 0.29) is 55.0 Å². The van der Waals surface area contributed by atoms with E-state index in [2.05, 4.69) is 5.32 Å². The summed E-state index contributed by atoms with van der Waals surface area (Å²) < 4.78 is 73.2. The zero-order valence-corrected chi connectivity index (χ0v) is 30.7. The van der Waals surface area contributed by atoms with Crippen molar-refractivity contribution >= 4 is 29.7 Å². The van der Waals surface area contributed by atoms with Crippen LogP contribution >= 0.6 is 7.60 Å². The minimum Gasteiger partial charge on any atom is -0.497 e. The van der Waals surface area contributed by atoms with E-state index >= 15 is 0 Å². The van der Waals surface area contributed by atoms with Crippen LogP contribution in [0.15, 0.2) is 53.4 Å². The molecule has 2 aromatic carbocycles. The topological polar surface area (TPSA) is 217 Å². The Morgan fingerprint density at radius 2 is 1.73 bits per heavy atom. The number of nitrogens with zero attached hydrogens (tertiary/aromatic N) is 1. The van der Waals surface area contributed by atoms with Gasteiger partial charge in [0.2, 0.25) is 10.0 Å². The molecular formula is C33H47N2O14PS. The van der Waals surface area contributed by atoms with Crippen LogP contribution in [0.2, 0.25) is 0 Å². The monoisotopic (exact) mass is 758 g/mol. The first-order valence-corrected chi connectivity index (χ1v) is 19.8. The Labute approximate surface area is 297 Å². The molecule has 2 aliphatic rings. The molecule has 2 aromatic rings. The quantitative estimate of drug-likeness (QED) is 0.151. The van der Waals surface area contributed by atoms with Crippen molar-refractivity contribution < 1.29 is 65.9 Å². The maximum absolute atomic E-state index is 13.8. The third-order valence-electron chi connectivity index (χ3n) is 8.38. The molecule has 0 saturated carbocycles. The second-order valence-corrected chi connectivity index (χ2v) is 16.5. The number of carboxylic acid groups (broad SMARTS) is 1. The summed E-state index contributed by atoms with van der Waals surface area (Å²) in [7, 11) is -7.01. The lowest BCUT2D eigenvalue weighted by Crippen LogP contribution is -2.51. The van der Waals surface area contributed by atoms with E-state index in [0.717, 1.165) is 0 Å². The summed E-state index contributed by atoms with van der Waals surface area (Å²) in [6.07, 6.45) is -4.82. The summed E-state index contributed by atoms with van der Waals surface area (Å²) in [4.78, 5) is 34.5. The second kappa shape index (κ2) is 18.0. The third kappa shape index (κ3) is 11.4. The van der Waals surface area contributed by atoms with Crippen LogP contribution in [-0.4, -0.2) is 110 Å². The summed E-state index contributed by atoms with van der Waals surface area (Å²) in [6, 6.07) is 11.0. The van der Waals surface area contributed by atoms with E-state index in [4.69, 9.17) is 33.3 Å². The van der Waals surface area contributed by atoms with Gasteiger partial charge in [-0.3, -0.25) is 9.09 Å². The van der Waals surface area contributed by atoms with Gasteiger partial charge in [0.05, 0.1) is 43.3 Å². The molecule has 2 fully saturated rings. The summed E-state index contributed by atoms with van der Waals surface area (Å²) in [5.74, 6) is -0.944. The molecule has 1 amide bonds. The van der Waals surface area contributed by atoms with Gasteiger partial charge >= 0.3 is 19.7 Å². The van der Waals surface area contributed by atoms with E-state index in [1.54, 1.807) is 12.1 Å². The fourth-order valence-electron chi connectivity index (χ4n) is 5.72. The fraction of sp³-hybridized carbons (Fsp3) is 0.576. The van der Waals surface area contributed by atoms with Crippen LogP contribution in [0.3, 0.4) is 0 Å². The number of carbonyl (C=O) groups is 2. The highest BCUT2D eigenvalue weighted by molar-refractivity contribution is 7.89. The van der Waals surface area contributed by atoms with Crippen molar-refractivity contribution in [3.8, 4) is 11.5 Å². The van der Waals surface area contributed by atoms with Crippen LogP contribution in [-0.2, 0) is 44.5 Å². The van der Waals surface area contributed by atoms with E-state index < -0.39 is 66.7 Å². The van der Waals surface area contributed by atoms with Crippen LogP contribution in [0.25, 0.3) is 0 Å². The predicted octanol–water partition coefficient (Wildman–Crippen LogP) is 3.20. The lowest BCUT2D eigenvalue weighted by atomic mass is 10.0. The number of alkyl carbamates (subject to hydrolysis) is 1. The highest BCUT2D eigenvalue weighted by Crippen LogP contribution is 2.44. The van der Waals surface area contributed by atoms with Crippen molar-refractivity contribution in [2.75, 3.05) is 39.8 Å². The van der Waals surface area contributed by atoms with Gasteiger partial charge < -0.3 is 44.1 Å². The van der Waals surface area contributed by atoms with Gasteiger partial charge in [0.15, 0.2) is 18.7 Å². The number of aliphatic hydroxyl groups excluding tert-OH is 1. The molecule has 0 aliphatic carbocycles. The molecule has 0 radical (unpaired) electrons. The average molecular weight is 759 g/mol. The van der Waals surface area contributed by atoms with E-state index in [9.17, 15) is 32.6 Å². The van der Waals surface area contributed by atoms with Crippen molar-refractivity contribution in [1.29, 1.82) is 0 Å². The number of carboxylic acids is 1. The number of methoxy groups -OCH3 is 1. The largest absolute Gasteiger partial charge is 0.497 e.